The lowest BCUT2D eigenvalue weighted by Gasteiger charge is -2.24. The average Bonchev–Trinajstić information content (AvgIpc) is 2.75. The van der Waals surface area contributed by atoms with Crippen LogP contribution in [-0.2, 0) is 0 Å². The summed E-state index contributed by atoms with van der Waals surface area (Å²) in [6.07, 6.45) is -0.215. The molecule has 0 saturated carbocycles. The number of aliphatic hydroxyl groups is 1. The van der Waals surface area contributed by atoms with E-state index in [1.165, 1.54) is 12.1 Å². The van der Waals surface area contributed by atoms with Crippen LogP contribution in [0.15, 0.2) is 78.9 Å². The second kappa shape index (κ2) is 9.71. The van der Waals surface area contributed by atoms with Gasteiger partial charge < -0.3 is 15.2 Å². The number of benzene rings is 3. The third-order valence-electron chi connectivity index (χ3n) is 4.66. The zero-order valence-electron chi connectivity index (χ0n) is 16.2. The number of non-ortho nitro benzene ring substituents is 1. The summed E-state index contributed by atoms with van der Waals surface area (Å²) in [5, 5.41) is 25.0. The lowest BCUT2D eigenvalue weighted by atomic mass is 9.96. The van der Waals surface area contributed by atoms with Crippen LogP contribution in [0.1, 0.15) is 36.6 Å². The van der Waals surface area contributed by atoms with E-state index >= 15 is 0 Å². The van der Waals surface area contributed by atoms with Gasteiger partial charge in [-0.25, -0.2) is 0 Å². The number of ether oxygens (including phenoxy) is 1. The highest BCUT2D eigenvalue weighted by Crippen LogP contribution is 2.31. The molecule has 0 aliphatic heterocycles. The molecule has 0 radical (unpaired) electrons. The highest BCUT2D eigenvalue weighted by molar-refractivity contribution is 5.50. The predicted octanol–water partition coefficient (Wildman–Crippen LogP) is 5.27. The summed E-state index contributed by atoms with van der Waals surface area (Å²) in [5.41, 5.74) is 2.61. The maximum Gasteiger partial charge on any atom is 0.269 e. The van der Waals surface area contributed by atoms with E-state index in [1.54, 1.807) is 12.1 Å². The Morgan fingerprint density at radius 2 is 1.62 bits per heavy atom. The fourth-order valence-electron chi connectivity index (χ4n) is 3.16. The lowest BCUT2D eigenvalue weighted by molar-refractivity contribution is -0.384. The quantitative estimate of drug-likeness (QED) is 0.383. The largest absolute Gasteiger partial charge is 0.494 e. The molecule has 0 bridgehead atoms. The van der Waals surface area contributed by atoms with E-state index in [-0.39, 0.29) is 11.7 Å². The molecule has 0 saturated heterocycles. The standard InChI is InChI=1S/C23H24N2O4/c1-2-29-21-14-8-17(9-15-21)22(16-23(26)18-6-4-3-5-7-18)24-19-10-12-20(13-11-19)25(27)28/h3-15,22-24,26H,2,16H2,1H3. The monoisotopic (exact) mass is 392 g/mol. The van der Waals surface area contributed by atoms with Gasteiger partial charge in [-0.15, -0.1) is 0 Å². The molecular formula is C23H24N2O4. The molecule has 29 heavy (non-hydrogen) atoms. The van der Waals surface area contributed by atoms with E-state index in [0.717, 1.165) is 22.6 Å². The second-order valence-electron chi connectivity index (χ2n) is 6.67. The van der Waals surface area contributed by atoms with Crippen molar-refractivity contribution in [1.29, 1.82) is 0 Å². The first-order chi connectivity index (χ1) is 14.1. The maximum atomic E-state index is 10.9. The van der Waals surface area contributed by atoms with E-state index in [1.807, 2.05) is 61.5 Å². The van der Waals surface area contributed by atoms with Crippen molar-refractivity contribution in [3.63, 3.8) is 0 Å². The maximum absolute atomic E-state index is 10.9. The van der Waals surface area contributed by atoms with Crippen LogP contribution in [-0.4, -0.2) is 16.6 Å². The number of aliphatic hydroxyl groups excluding tert-OH is 1. The minimum atomic E-state index is -0.654. The molecule has 2 unspecified atom stereocenters. The molecule has 3 aromatic rings. The van der Waals surface area contributed by atoms with Gasteiger partial charge in [0, 0.05) is 24.2 Å². The summed E-state index contributed by atoms with van der Waals surface area (Å²) in [5.74, 6) is 0.786. The molecule has 0 heterocycles. The van der Waals surface area contributed by atoms with Crippen molar-refractivity contribution in [3.05, 3.63) is 100 Å². The predicted molar refractivity (Wildman–Crippen MR) is 113 cm³/mol. The Labute approximate surface area is 169 Å². The van der Waals surface area contributed by atoms with Crippen LogP contribution in [0.25, 0.3) is 0 Å². The van der Waals surface area contributed by atoms with Gasteiger partial charge in [-0.3, -0.25) is 10.1 Å². The van der Waals surface area contributed by atoms with Crippen molar-refractivity contribution >= 4 is 11.4 Å². The number of hydrogen-bond donors (Lipinski definition) is 2. The first-order valence-corrected chi connectivity index (χ1v) is 9.53. The molecule has 6 heteroatoms. The second-order valence-corrected chi connectivity index (χ2v) is 6.67. The molecule has 0 amide bonds. The average molecular weight is 392 g/mol. The molecule has 0 spiro atoms. The lowest BCUT2D eigenvalue weighted by Crippen LogP contribution is -2.15. The zero-order valence-corrected chi connectivity index (χ0v) is 16.2. The van der Waals surface area contributed by atoms with E-state index in [2.05, 4.69) is 5.32 Å². The third kappa shape index (κ3) is 5.56. The summed E-state index contributed by atoms with van der Waals surface area (Å²) in [6, 6.07) is 23.3. The topological polar surface area (TPSA) is 84.6 Å². The molecule has 3 rings (SSSR count). The van der Waals surface area contributed by atoms with E-state index in [0.29, 0.717) is 13.0 Å². The number of nitrogens with one attached hydrogen (secondary N) is 1. The number of nitro groups is 1. The van der Waals surface area contributed by atoms with Crippen LogP contribution in [0.5, 0.6) is 5.75 Å². The molecule has 2 N–H and O–H groups in total. The van der Waals surface area contributed by atoms with Crippen LogP contribution in [0.4, 0.5) is 11.4 Å². The third-order valence-corrected chi connectivity index (χ3v) is 4.66. The van der Waals surface area contributed by atoms with Crippen molar-refractivity contribution in [2.45, 2.75) is 25.5 Å². The van der Waals surface area contributed by atoms with Crippen molar-refractivity contribution < 1.29 is 14.8 Å². The van der Waals surface area contributed by atoms with Crippen LogP contribution in [0, 0.1) is 10.1 Å². The van der Waals surface area contributed by atoms with Gasteiger partial charge in [0.1, 0.15) is 5.75 Å². The Morgan fingerprint density at radius 1 is 0.966 bits per heavy atom. The van der Waals surface area contributed by atoms with Crippen molar-refractivity contribution in [3.8, 4) is 5.75 Å². The van der Waals surface area contributed by atoms with Gasteiger partial charge in [-0.05, 0) is 42.3 Å². The van der Waals surface area contributed by atoms with E-state index in [4.69, 9.17) is 4.74 Å². The van der Waals surface area contributed by atoms with Gasteiger partial charge in [0.25, 0.3) is 5.69 Å². The molecule has 150 valence electrons. The first-order valence-electron chi connectivity index (χ1n) is 9.53. The number of nitro benzene ring substituents is 1. The van der Waals surface area contributed by atoms with Crippen LogP contribution >= 0.6 is 0 Å². The van der Waals surface area contributed by atoms with Crippen molar-refractivity contribution in [2.75, 3.05) is 11.9 Å². The van der Waals surface area contributed by atoms with Gasteiger partial charge in [-0.1, -0.05) is 42.5 Å². The number of anilines is 1. The molecule has 2 atom stereocenters. The zero-order chi connectivity index (χ0) is 20.6. The van der Waals surface area contributed by atoms with Crippen molar-refractivity contribution in [2.24, 2.45) is 0 Å². The van der Waals surface area contributed by atoms with E-state index in [9.17, 15) is 15.2 Å². The summed E-state index contributed by atoms with van der Waals surface area (Å²) in [6.45, 7) is 2.53. The normalized spacial score (nSPS) is 12.8. The van der Waals surface area contributed by atoms with Gasteiger partial charge in [0.05, 0.1) is 23.7 Å². The van der Waals surface area contributed by atoms with Crippen LogP contribution < -0.4 is 10.1 Å². The molecule has 0 aliphatic rings. The number of rotatable bonds is 9. The molecule has 0 fully saturated rings. The Hall–Kier alpha value is -3.38. The van der Waals surface area contributed by atoms with Crippen LogP contribution in [0.2, 0.25) is 0 Å². The summed E-state index contributed by atoms with van der Waals surface area (Å²) < 4.78 is 5.51. The number of nitrogens with zero attached hydrogens (tertiary/aromatic N) is 1. The summed E-state index contributed by atoms with van der Waals surface area (Å²) in [7, 11) is 0. The van der Waals surface area contributed by atoms with Gasteiger partial charge in [0.15, 0.2) is 0 Å². The molecule has 3 aromatic carbocycles. The minimum absolute atomic E-state index is 0.0393. The SMILES string of the molecule is CCOc1ccc(C(CC(O)c2ccccc2)Nc2ccc([N+](=O)[O-])cc2)cc1. The molecular weight excluding hydrogens is 368 g/mol. The minimum Gasteiger partial charge on any atom is -0.494 e. The van der Waals surface area contributed by atoms with Gasteiger partial charge >= 0.3 is 0 Å². The number of hydrogen-bond acceptors (Lipinski definition) is 5. The van der Waals surface area contributed by atoms with Crippen molar-refractivity contribution in [1.82, 2.24) is 0 Å². The smallest absolute Gasteiger partial charge is 0.269 e. The highest BCUT2D eigenvalue weighted by Gasteiger charge is 2.18. The van der Waals surface area contributed by atoms with Crippen LogP contribution in [0.3, 0.4) is 0 Å². The summed E-state index contributed by atoms with van der Waals surface area (Å²) in [4.78, 5) is 10.5. The summed E-state index contributed by atoms with van der Waals surface area (Å²) >= 11 is 0. The Balaban J connectivity index is 1.82. The fourth-order valence-corrected chi connectivity index (χ4v) is 3.16. The molecule has 6 nitrogen and oxygen atoms in total. The Bertz CT molecular complexity index is 912. The molecule has 0 aliphatic carbocycles. The molecule has 0 aromatic heterocycles. The first kappa shape index (κ1) is 20.4. The van der Waals surface area contributed by atoms with Gasteiger partial charge in [-0.2, -0.15) is 0 Å². The van der Waals surface area contributed by atoms with Gasteiger partial charge in [0.2, 0.25) is 0 Å². The fraction of sp³-hybridized carbons (Fsp3) is 0.217. The highest BCUT2D eigenvalue weighted by atomic mass is 16.6. The Morgan fingerprint density at radius 3 is 2.21 bits per heavy atom. The Kier molecular flexibility index (Phi) is 6.81. The van der Waals surface area contributed by atoms with E-state index < -0.39 is 11.0 Å².